The van der Waals surface area contributed by atoms with Gasteiger partial charge in [0.2, 0.25) is 0 Å². The molecule has 0 fully saturated rings. The fourth-order valence-corrected chi connectivity index (χ4v) is 1.39. The van der Waals surface area contributed by atoms with Gasteiger partial charge >= 0.3 is 5.97 Å². The summed E-state index contributed by atoms with van der Waals surface area (Å²) in [5, 5.41) is 9.02. The van der Waals surface area contributed by atoms with Gasteiger partial charge < -0.3 is 5.11 Å². The van der Waals surface area contributed by atoms with Gasteiger partial charge in [0.1, 0.15) is 5.15 Å². The molecule has 14 heavy (non-hydrogen) atoms. The van der Waals surface area contributed by atoms with Crippen molar-refractivity contribution in [2.75, 3.05) is 0 Å². The monoisotopic (exact) mass is 213 g/mol. The van der Waals surface area contributed by atoms with Gasteiger partial charge in [-0.15, -0.1) is 0 Å². The van der Waals surface area contributed by atoms with Crippen molar-refractivity contribution in [3.05, 3.63) is 28.5 Å². The van der Waals surface area contributed by atoms with E-state index in [4.69, 9.17) is 16.7 Å². The molecule has 76 valence electrons. The van der Waals surface area contributed by atoms with Crippen LogP contribution in [0.2, 0.25) is 5.15 Å². The summed E-state index contributed by atoms with van der Waals surface area (Å²) >= 11 is 5.70. The molecule has 0 saturated heterocycles. The van der Waals surface area contributed by atoms with Gasteiger partial charge in [-0.3, -0.25) is 0 Å². The minimum absolute atomic E-state index is 0.205. The van der Waals surface area contributed by atoms with E-state index in [0.29, 0.717) is 0 Å². The Kier molecular flexibility index (Phi) is 3.89. The molecule has 0 amide bonds. The maximum atomic E-state index is 10.7. The standard InChI is InChI=1S/C10H12ClNO2/c1-2-3-4-8-5-7(10(13)14)6-9(11)12-8/h5-6H,2-4H2,1H3,(H,13,14). The van der Waals surface area contributed by atoms with E-state index in [0.717, 1.165) is 25.0 Å². The van der Waals surface area contributed by atoms with Crippen molar-refractivity contribution in [2.45, 2.75) is 26.2 Å². The maximum Gasteiger partial charge on any atom is 0.335 e. The third-order valence-corrected chi connectivity index (χ3v) is 2.07. The van der Waals surface area contributed by atoms with Crippen molar-refractivity contribution >= 4 is 17.6 Å². The highest BCUT2D eigenvalue weighted by molar-refractivity contribution is 6.29. The summed E-state index contributed by atoms with van der Waals surface area (Å²) in [6.45, 7) is 2.07. The Bertz CT molecular complexity index is 339. The number of aromatic carboxylic acids is 1. The van der Waals surface area contributed by atoms with Crippen LogP contribution in [0, 0.1) is 0 Å². The van der Waals surface area contributed by atoms with E-state index in [1.54, 1.807) is 6.07 Å². The fraction of sp³-hybridized carbons (Fsp3) is 0.400. The number of nitrogens with zero attached hydrogens (tertiary/aromatic N) is 1. The summed E-state index contributed by atoms with van der Waals surface area (Å²) in [6.07, 6.45) is 2.82. The lowest BCUT2D eigenvalue weighted by atomic mass is 10.1. The average Bonchev–Trinajstić information content (AvgIpc) is 2.14. The van der Waals surface area contributed by atoms with Crippen LogP contribution in [-0.4, -0.2) is 16.1 Å². The zero-order valence-electron chi connectivity index (χ0n) is 7.96. The predicted molar refractivity (Wildman–Crippen MR) is 54.8 cm³/mol. The molecule has 0 bridgehead atoms. The fourth-order valence-electron chi connectivity index (χ4n) is 1.16. The summed E-state index contributed by atoms with van der Waals surface area (Å²) in [4.78, 5) is 14.7. The highest BCUT2D eigenvalue weighted by Gasteiger charge is 2.06. The van der Waals surface area contributed by atoms with Gasteiger partial charge in [-0.25, -0.2) is 9.78 Å². The smallest absolute Gasteiger partial charge is 0.335 e. The van der Waals surface area contributed by atoms with Crippen molar-refractivity contribution < 1.29 is 9.90 Å². The quantitative estimate of drug-likeness (QED) is 0.783. The Morgan fingerprint density at radius 1 is 1.57 bits per heavy atom. The molecule has 0 radical (unpaired) electrons. The van der Waals surface area contributed by atoms with Gasteiger partial charge in [0.05, 0.1) is 5.56 Å². The lowest BCUT2D eigenvalue weighted by molar-refractivity contribution is 0.0696. The molecule has 1 aromatic heterocycles. The molecule has 1 N–H and O–H groups in total. The Morgan fingerprint density at radius 3 is 2.86 bits per heavy atom. The van der Waals surface area contributed by atoms with E-state index in [9.17, 15) is 4.79 Å². The van der Waals surface area contributed by atoms with Crippen LogP contribution in [0.1, 0.15) is 35.8 Å². The molecule has 0 aromatic carbocycles. The number of halogens is 1. The summed E-state index contributed by atoms with van der Waals surface area (Å²) in [5.41, 5.74) is 0.952. The van der Waals surface area contributed by atoms with Crippen LogP contribution < -0.4 is 0 Å². The van der Waals surface area contributed by atoms with Crippen LogP contribution in [0.3, 0.4) is 0 Å². The van der Waals surface area contributed by atoms with Gasteiger partial charge in [0, 0.05) is 5.69 Å². The van der Waals surface area contributed by atoms with Crippen LogP contribution in [-0.2, 0) is 6.42 Å². The molecule has 3 nitrogen and oxygen atoms in total. The maximum absolute atomic E-state index is 10.7. The number of carboxylic acids is 1. The molecule has 0 aliphatic carbocycles. The topological polar surface area (TPSA) is 50.2 Å². The molecule has 0 unspecified atom stereocenters. The van der Waals surface area contributed by atoms with Crippen molar-refractivity contribution in [2.24, 2.45) is 0 Å². The first-order valence-electron chi connectivity index (χ1n) is 4.53. The van der Waals surface area contributed by atoms with E-state index in [1.807, 2.05) is 0 Å². The molecular weight excluding hydrogens is 202 g/mol. The summed E-state index contributed by atoms with van der Waals surface area (Å²) in [6, 6.07) is 2.93. The first-order valence-corrected chi connectivity index (χ1v) is 4.91. The molecule has 1 aromatic rings. The number of aromatic nitrogens is 1. The number of aryl methyl sites for hydroxylation is 1. The van der Waals surface area contributed by atoms with Gasteiger partial charge in [0.25, 0.3) is 0 Å². The van der Waals surface area contributed by atoms with Crippen molar-refractivity contribution in [3.8, 4) is 0 Å². The molecule has 0 spiro atoms. The molecule has 0 saturated carbocycles. The van der Waals surface area contributed by atoms with Crippen molar-refractivity contribution in [1.29, 1.82) is 0 Å². The number of rotatable bonds is 4. The lowest BCUT2D eigenvalue weighted by Crippen LogP contribution is -2.00. The lowest BCUT2D eigenvalue weighted by Gasteiger charge is -2.01. The van der Waals surface area contributed by atoms with Crippen molar-refractivity contribution in [3.63, 3.8) is 0 Å². The number of unbranched alkanes of at least 4 members (excludes halogenated alkanes) is 1. The SMILES string of the molecule is CCCCc1cc(C(=O)O)cc(Cl)n1. The highest BCUT2D eigenvalue weighted by Crippen LogP contribution is 2.12. The van der Waals surface area contributed by atoms with E-state index in [1.165, 1.54) is 6.07 Å². The van der Waals surface area contributed by atoms with Crippen LogP contribution in [0.15, 0.2) is 12.1 Å². The number of carboxylic acid groups (broad SMARTS) is 1. The van der Waals surface area contributed by atoms with E-state index < -0.39 is 5.97 Å². The third kappa shape index (κ3) is 3.00. The Morgan fingerprint density at radius 2 is 2.29 bits per heavy atom. The first kappa shape index (κ1) is 11.0. The minimum atomic E-state index is -0.966. The number of pyridine rings is 1. The Balaban J connectivity index is 2.89. The van der Waals surface area contributed by atoms with E-state index >= 15 is 0 Å². The van der Waals surface area contributed by atoms with Gasteiger partial charge in [-0.1, -0.05) is 24.9 Å². The summed E-state index contributed by atoms with van der Waals surface area (Å²) < 4.78 is 0. The average molecular weight is 214 g/mol. The van der Waals surface area contributed by atoms with Gasteiger partial charge in [0.15, 0.2) is 0 Å². The zero-order chi connectivity index (χ0) is 10.6. The van der Waals surface area contributed by atoms with E-state index in [2.05, 4.69) is 11.9 Å². The van der Waals surface area contributed by atoms with Crippen LogP contribution >= 0.6 is 11.6 Å². The molecule has 0 aliphatic heterocycles. The zero-order valence-corrected chi connectivity index (χ0v) is 8.71. The number of carbonyl (C=O) groups is 1. The predicted octanol–water partition coefficient (Wildman–Crippen LogP) is 2.78. The second kappa shape index (κ2) is 4.96. The van der Waals surface area contributed by atoms with E-state index in [-0.39, 0.29) is 10.7 Å². The normalized spacial score (nSPS) is 10.1. The van der Waals surface area contributed by atoms with Gasteiger partial charge in [-0.05, 0) is 25.0 Å². The minimum Gasteiger partial charge on any atom is -0.478 e. The Hall–Kier alpha value is -1.09. The molecule has 4 heteroatoms. The molecule has 1 heterocycles. The third-order valence-electron chi connectivity index (χ3n) is 1.88. The molecule has 1 rings (SSSR count). The summed E-state index contributed by atoms with van der Waals surface area (Å²) in [5.74, 6) is -0.966. The summed E-state index contributed by atoms with van der Waals surface area (Å²) in [7, 11) is 0. The van der Waals surface area contributed by atoms with Crippen molar-refractivity contribution in [1.82, 2.24) is 4.98 Å². The van der Waals surface area contributed by atoms with Gasteiger partial charge in [-0.2, -0.15) is 0 Å². The number of hydrogen-bond donors (Lipinski definition) is 1. The van der Waals surface area contributed by atoms with Crippen LogP contribution in [0.4, 0.5) is 0 Å². The van der Waals surface area contributed by atoms with Crippen LogP contribution in [0.25, 0.3) is 0 Å². The largest absolute Gasteiger partial charge is 0.478 e. The Labute approximate surface area is 87.7 Å². The number of hydrogen-bond acceptors (Lipinski definition) is 2. The molecular formula is C10H12ClNO2. The second-order valence-electron chi connectivity index (χ2n) is 3.08. The second-order valence-corrected chi connectivity index (χ2v) is 3.47. The van der Waals surface area contributed by atoms with Crippen LogP contribution in [0.5, 0.6) is 0 Å². The molecule has 0 aliphatic rings. The highest BCUT2D eigenvalue weighted by atomic mass is 35.5. The first-order chi connectivity index (χ1) is 6.63. The molecule has 0 atom stereocenters.